The van der Waals surface area contributed by atoms with E-state index < -0.39 is 28.8 Å². The number of nitrogens with zero attached hydrogens (tertiary/aromatic N) is 2. The second-order valence-electron chi connectivity index (χ2n) is 8.42. The number of carbonyl (C=O) groups is 2. The maximum absolute atomic E-state index is 12.4. The van der Waals surface area contributed by atoms with Gasteiger partial charge in [0, 0.05) is 32.6 Å². The van der Waals surface area contributed by atoms with Crippen LogP contribution in [0.4, 0.5) is 15.3 Å². The van der Waals surface area contributed by atoms with Gasteiger partial charge in [0.05, 0.1) is 17.6 Å². The van der Waals surface area contributed by atoms with E-state index in [1.807, 2.05) is 0 Å². The highest BCUT2D eigenvalue weighted by molar-refractivity contribution is 5.70. The van der Waals surface area contributed by atoms with Crippen LogP contribution in [0.5, 0.6) is 11.5 Å². The molecule has 0 fully saturated rings. The Morgan fingerprint density at radius 3 is 2.12 bits per heavy atom. The predicted octanol–water partition coefficient (Wildman–Crippen LogP) is 4.69. The molecule has 2 amide bonds. The number of rotatable bonds is 8. The summed E-state index contributed by atoms with van der Waals surface area (Å²) in [5, 5.41) is 13.6. The number of hydrogen-bond acceptors (Lipinski definition) is 7. The van der Waals surface area contributed by atoms with Gasteiger partial charge in [0.15, 0.2) is 0 Å². The number of non-ortho nitro benzene ring substituents is 1. The van der Waals surface area contributed by atoms with Crippen molar-refractivity contribution < 1.29 is 28.7 Å². The van der Waals surface area contributed by atoms with Crippen LogP contribution >= 0.6 is 0 Å². The van der Waals surface area contributed by atoms with E-state index in [1.54, 1.807) is 59.1 Å². The van der Waals surface area contributed by atoms with Crippen LogP contribution in [0.1, 0.15) is 38.8 Å². The van der Waals surface area contributed by atoms with Gasteiger partial charge in [-0.15, -0.1) is 0 Å². The molecule has 2 rings (SSSR count). The minimum Gasteiger partial charge on any atom is -0.493 e. The van der Waals surface area contributed by atoms with Gasteiger partial charge in [-0.1, -0.05) is 12.1 Å². The molecule has 2 aromatic carbocycles. The highest BCUT2D eigenvalue weighted by Gasteiger charge is 2.21. The Hall–Kier alpha value is -3.82. The van der Waals surface area contributed by atoms with Crippen molar-refractivity contribution in [1.82, 2.24) is 10.2 Å². The fraction of sp³-hybridized carbons (Fsp3) is 0.391. The zero-order chi connectivity index (χ0) is 24.6. The van der Waals surface area contributed by atoms with Crippen molar-refractivity contribution in [2.75, 3.05) is 20.7 Å². The molecule has 0 unspecified atom stereocenters. The van der Waals surface area contributed by atoms with Crippen LogP contribution in [0.25, 0.3) is 0 Å². The third-order valence-corrected chi connectivity index (χ3v) is 4.27. The van der Waals surface area contributed by atoms with E-state index in [0.29, 0.717) is 17.9 Å². The Morgan fingerprint density at radius 1 is 1.03 bits per heavy atom. The van der Waals surface area contributed by atoms with E-state index in [1.165, 1.54) is 29.2 Å². The zero-order valence-corrected chi connectivity index (χ0v) is 19.4. The molecule has 178 valence electrons. The van der Waals surface area contributed by atoms with Crippen LogP contribution in [0.15, 0.2) is 48.5 Å². The van der Waals surface area contributed by atoms with Crippen molar-refractivity contribution in [2.24, 2.45) is 0 Å². The summed E-state index contributed by atoms with van der Waals surface area (Å²) in [4.78, 5) is 35.7. The van der Waals surface area contributed by atoms with Gasteiger partial charge in [-0.25, -0.2) is 9.59 Å². The molecule has 0 bridgehead atoms. The van der Waals surface area contributed by atoms with Gasteiger partial charge in [0.1, 0.15) is 17.1 Å². The molecule has 10 nitrogen and oxygen atoms in total. The highest BCUT2D eigenvalue weighted by Crippen LogP contribution is 2.23. The highest BCUT2D eigenvalue weighted by atomic mass is 16.6. The van der Waals surface area contributed by atoms with E-state index in [4.69, 9.17) is 14.2 Å². The van der Waals surface area contributed by atoms with Gasteiger partial charge in [0.2, 0.25) is 0 Å². The number of nitrogens with one attached hydrogen (secondary N) is 1. The van der Waals surface area contributed by atoms with Crippen molar-refractivity contribution in [2.45, 2.75) is 38.8 Å². The predicted molar refractivity (Wildman–Crippen MR) is 121 cm³/mol. The van der Waals surface area contributed by atoms with Crippen LogP contribution in [0.3, 0.4) is 0 Å². The zero-order valence-electron chi connectivity index (χ0n) is 19.4. The number of amides is 2. The summed E-state index contributed by atoms with van der Waals surface area (Å²) in [5.41, 5.74) is 0.0772. The van der Waals surface area contributed by atoms with Crippen molar-refractivity contribution >= 4 is 17.9 Å². The van der Waals surface area contributed by atoms with Gasteiger partial charge < -0.3 is 24.4 Å². The van der Waals surface area contributed by atoms with E-state index >= 15 is 0 Å². The second-order valence-corrected chi connectivity index (χ2v) is 8.42. The average molecular weight is 459 g/mol. The van der Waals surface area contributed by atoms with Crippen LogP contribution in [0, 0.1) is 10.1 Å². The van der Waals surface area contributed by atoms with E-state index in [-0.39, 0.29) is 12.3 Å². The quantitative estimate of drug-likeness (QED) is 0.449. The molecule has 0 aliphatic rings. The lowest BCUT2D eigenvalue weighted by Gasteiger charge is -2.24. The summed E-state index contributed by atoms with van der Waals surface area (Å²) in [5.74, 6) is 0.846. The number of benzene rings is 2. The number of hydrogen-bond donors (Lipinski definition) is 1. The molecule has 33 heavy (non-hydrogen) atoms. The van der Waals surface area contributed by atoms with E-state index in [0.717, 1.165) is 5.56 Å². The standard InChI is InChI=1S/C23H29N3O7/c1-23(2,3)33-21(27)24-20(14-15-31-18-12-8-17(9-13-18)26(29)30)16-6-10-19(11-7-16)32-22(28)25(4)5/h6-13,20H,14-15H2,1-5H3,(H,24,27)/t20-/m1/s1. The lowest BCUT2D eigenvalue weighted by atomic mass is 10.0. The molecule has 0 saturated heterocycles. The average Bonchev–Trinajstić information content (AvgIpc) is 2.72. The topological polar surface area (TPSA) is 120 Å². The van der Waals surface area contributed by atoms with Crippen molar-refractivity contribution in [3.8, 4) is 11.5 Å². The Morgan fingerprint density at radius 2 is 1.61 bits per heavy atom. The van der Waals surface area contributed by atoms with Gasteiger partial charge in [0.25, 0.3) is 5.69 Å². The lowest BCUT2D eigenvalue weighted by molar-refractivity contribution is -0.384. The largest absolute Gasteiger partial charge is 0.493 e. The smallest absolute Gasteiger partial charge is 0.414 e. The molecule has 0 saturated carbocycles. The first-order chi connectivity index (χ1) is 15.4. The van der Waals surface area contributed by atoms with Crippen LogP contribution in [-0.2, 0) is 4.74 Å². The third-order valence-electron chi connectivity index (χ3n) is 4.27. The maximum Gasteiger partial charge on any atom is 0.414 e. The molecule has 10 heteroatoms. The summed E-state index contributed by atoms with van der Waals surface area (Å²) >= 11 is 0. The molecule has 1 N–H and O–H groups in total. The Balaban J connectivity index is 2.08. The molecule has 0 aromatic heterocycles. The molecule has 0 aliphatic heterocycles. The molecule has 0 heterocycles. The Kier molecular flexibility index (Phi) is 8.61. The van der Waals surface area contributed by atoms with Gasteiger partial charge in [-0.2, -0.15) is 0 Å². The summed E-state index contributed by atoms with van der Waals surface area (Å²) in [6.45, 7) is 5.54. The van der Waals surface area contributed by atoms with Gasteiger partial charge >= 0.3 is 12.2 Å². The molecule has 2 aromatic rings. The third kappa shape index (κ3) is 8.68. The molecule has 0 aliphatic carbocycles. The van der Waals surface area contributed by atoms with Crippen LogP contribution in [0.2, 0.25) is 0 Å². The summed E-state index contributed by atoms with van der Waals surface area (Å²) in [7, 11) is 3.17. The van der Waals surface area contributed by atoms with E-state index in [2.05, 4.69) is 5.32 Å². The minimum atomic E-state index is -0.659. The molecule has 0 spiro atoms. The number of carbonyl (C=O) groups excluding carboxylic acids is 2. The number of nitro groups is 1. The van der Waals surface area contributed by atoms with Crippen molar-refractivity contribution in [3.05, 3.63) is 64.2 Å². The van der Waals surface area contributed by atoms with Crippen LogP contribution in [-0.4, -0.2) is 48.3 Å². The Bertz CT molecular complexity index is 952. The molecular formula is C23H29N3O7. The monoisotopic (exact) mass is 459 g/mol. The van der Waals surface area contributed by atoms with Gasteiger partial charge in [-0.05, 0) is 50.6 Å². The summed E-state index contributed by atoms with van der Waals surface area (Å²) in [6.07, 6.45) is -0.679. The first-order valence-electron chi connectivity index (χ1n) is 10.3. The first kappa shape index (κ1) is 25.4. The molecule has 1 atom stereocenters. The first-order valence-corrected chi connectivity index (χ1v) is 10.3. The fourth-order valence-corrected chi connectivity index (χ4v) is 2.69. The molecule has 0 radical (unpaired) electrons. The van der Waals surface area contributed by atoms with Crippen molar-refractivity contribution in [3.63, 3.8) is 0 Å². The van der Waals surface area contributed by atoms with Gasteiger partial charge in [-0.3, -0.25) is 10.1 Å². The minimum absolute atomic E-state index is 0.0260. The number of alkyl carbamates (subject to hydrolysis) is 1. The maximum atomic E-state index is 12.4. The molecular weight excluding hydrogens is 430 g/mol. The van der Waals surface area contributed by atoms with Crippen molar-refractivity contribution in [1.29, 1.82) is 0 Å². The van der Waals surface area contributed by atoms with E-state index in [9.17, 15) is 19.7 Å². The normalized spacial score (nSPS) is 11.8. The second kappa shape index (κ2) is 11.2. The SMILES string of the molecule is CN(C)C(=O)Oc1ccc([C@@H](CCOc2ccc([N+](=O)[O-])cc2)NC(=O)OC(C)(C)C)cc1. The Labute approximate surface area is 192 Å². The fourth-order valence-electron chi connectivity index (χ4n) is 2.69. The summed E-state index contributed by atoms with van der Waals surface area (Å²) in [6, 6.07) is 12.1. The number of nitro benzene ring substituents is 1. The lowest BCUT2D eigenvalue weighted by Crippen LogP contribution is -2.35. The number of ether oxygens (including phenoxy) is 3. The summed E-state index contributed by atoms with van der Waals surface area (Å²) < 4.78 is 16.3. The van der Waals surface area contributed by atoms with Crippen LogP contribution < -0.4 is 14.8 Å².